The van der Waals surface area contributed by atoms with Crippen molar-refractivity contribution in [3.8, 4) is 0 Å². The van der Waals surface area contributed by atoms with E-state index in [9.17, 15) is 18.0 Å². The number of hydrogen-bond acceptors (Lipinski definition) is 1. The summed E-state index contributed by atoms with van der Waals surface area (Å²) in [6.07, 6.45) is -4.93. The SMILES string of the molecule is C[C@H](C=O)CC(F)(F)F. The number of carbonyl (C=O) groups is 1. The fourth-order valence-electron chi connectivity index (χ4n) is 0.413. The summed E-state index contributed by atoms with van der Waals surface area (Å²) in [6, 6.07) is 0. The highest BCUT2D eigenvalue weighted by molar-refractivity contribution is 5.52. The van der Waals surface area contributed by atoms with Gasteiger partial charge in [-0.2, -0.15) is 13.2 Å². The van der Waals surface area contributed by atoms with Crippen molar-refractivity contribution in [1.29, 1.82) is 0 Å². The summed E-state index contributed by atoms with van der Waals surface area (Å²) in [4.78, 5) is 9.68. The molecule has 0 N–H and O–H groups in total. The van der Waals surface area contributed by atoms with Crippen molar-refractivity contribution in [3.05, 3.63) is 0 Å². The third kappa shape index (κ3) is 5.33. The van der Waals surface area contributed by atoms with Gasteiger partial charge in [0, 0.05) is 5.92 Å². The van der Waals surface area contributed by atoms with Gasteiger partial charge in [-0.15, -0.1) is 0 Å². The van der Waals surface area contributed by atoms with E-state index in [0.717, 1.165) is 0 Å². The Balaban J connectivity index is 3.59. The van der Waals surface area contributed by atoms with Crippen LogP contribution in [-0.2, 0) is 4.79 Å². The summed E-state index contributed by atoms with van der Waals surface area (Å²) in [6.45, 7) is 1.24. The van der Waals surface area contributed by atoms with Crippen LogP contribution in [0.1, 0.15) is 13.3 Å². The second-order valence-corrected chi connectivity index (χ2v) is 1.93. The Morgan fingerprint density at radius 3 is 2.11 bits per heavy atom. The molecule has 0 aromatic carbocycles. The molecule has 0 amide bonds. The van der Waals surface area contributed by atoms with Crippen LogP contribution < -0.4 is 0 Å². The lowest BCUT2D eigenvalue weighted by Gasteiger charge is -2.06. The molecule has 0 aliphatic rings. The van der Waals surface area contributed by atoms with Crippen molar-refractivity contribution in [2.45, 2.75) is 19.5 Å². The molecular formula is C5H7F3O. The van der Waals surface area contributed by atoms with Gasteiger partial charge in [-0.25, -0.2) is 0 Å². The van der Waals surface area contributed by atoms with Crippen molar-refractivity contribution < 1.29 is 18.0 Å². The molecule has 1 nitrogen and oxygen atoms in total. The van der Waals surface area contributed by atoms with Gasteiger partial charge in [0.25, 0.3) is 0 Å². The first-order valence-corrected chi connectivity index (χ1v) is 2.48. The molecule has 0 aliphatic carbocycles. The molecule has 1 atom stereocenters. The predicted molar refractivity (Wildman–Crippen MR) is 25.9 cm³/mol. The average Bonchev–Trinajstić information content (AvgIpc) is 1.62. The number of carbonyl (C=O) groups excluding carboxylic acids is 1. The monoisotopic (exact) mass is 140 g/mol. The van der Waals surface area contributed by atoms with Crippen molar-refractivity contribution in [2.75, 3.05) is 0 Å². The Bertz CT molecular complexity index is 96.9. The van der Waals surface area contributed by atoms with E-state index in [4.69, 9.17) is 0 Å². The van der Waals surface area contributed by atoms with Crippen LogP contribution >= 0.6 is 0 Å². The number of hydrogen-bond donors (Lipinski definition) is 0. The molecule has 0 aromatic heterocycles. The standard InChI is InChI=1S/C5H7F3O/c1-4(3-9)2-5(6,7)8/h3-4H,2H2,1H3/t4-/m0/s1. The number of halogens is 3. The largest absolute Gasteiger partial charge is 0.389 e. The fourth-order valence-corrected chi connectivity index (χ4v) is 0.413. The van der Waals surface area contributed by atoms with Gasteiger partial charge in [-0.1, -0.05) is 6.92 Å². The number of alkyl halides is 3. The van der Waals surface area contributed by atoms with Crippen LogP contribution in [0.4, 0.5) is 13.2 Å². The van der Waals surface area contributed by atoms with Crippen molar-refractivity contribution in [1.82, 2.24) is 0 Å². The summed E-state index contributed by atoms with van der Waals surface area (Å²) >= 11 is 0. The van der Waals surface area contributed by atoms with Gasteiger partial charge in [0.05, 0.1) is 6.42 Å². The quantitative estimate of drug-likeness (QED) is 0.534. The average molecular weight is 140 g/mol. The van der Waals surface area contributed by atoms with Crippen molar-refractivity contribution in [2.24, 2.45) is 5.92 Å². The maximum absolute atomic E-state index is 11.3. The molecule has 0 radical (unpaired) electrons. The van der Waals surface area contributed by atoms with E-state index in [2.05, 4.69) is 0 Å². The predicted octanol–water partition coefficient (Wildman–Crippen LogP) is 1.77. The topological polar surface area (TPSA) is 17.1 Å². The fraction of sp³-hybridized carbons (Fsp3) is 0.800. The molecule has 54 valence electrons. The zero-order valence-electron chi connectivity index (χ0n) is 4.90. The molecule has 0 unspecified atom stereocenters. The van der Waals surface area contributed by atoms with Crippen LogP contribution in [0.15, 0.2) is 0 Å². The maximum Gasteiger partial charge on any atom is 0.389 e. The van der Waals surface area contributed by atoms with E-state index < -0.39 is 18.5 Å². The third-order valence-electron chi connectivity index (χ3n) is 0.786. The lowest BCUT2D eigenvalue weighted by atomic mass is 10.1. The molecule has 0 rings (SSSR count). The van der Waals surface area contributed by atoms with Gasteiger partial charge in [0.1, 0.15) is 6.29 Å². The molecule has 0 spiro atoms. The summed E-state index contributed by atoms with van der Waals surface area (Å²) in [5.74, 6) is -0.912. The third-order valence-corrected chi connectivity index (χ3v) is 0.786. The molecule has 0 bridgehead atoms. The van der Waals surface area contributed by atoms with Crippen molar-refractivity contribution >= 4 is 6.29 Å². The maximum atomic E-state index is 11.3. The Kier molecular flexibility index (Phi) is 2.67. The number of aldehydes is 1. The minimum atomic E-state index is -4.21. The van der Waals surface area contributed by atoms with Gasteiger partial charge < -0.3 is 4.79 Å². The van der Waals surface area contributed by atoms with E-state index in [-0.39, 0.29) is 0 Å². The van der Waals surface area contributed by atoms with E-state index in [1.165, 1.54) is 6.92 Å². The highest BCUT2D eigenvalue weighted by atomic mass is 19.4. The molecule has 4 heteroatoms. The van der Waals surface area contributed by atoms with Gasteiger partial charge in [0.15, 0.2) is 0 Å². The van der Waals surface area contributed by atoms with E-state index >= 15 is 0 Å². The van der Waals surface area contributed by atoms with Gasteiger partial charge >= 0.3 is 6.18 Å². The molecule has 0 saturated heterocycles. The summed E-state index contributed by atoms with van der Waals surface area (Å²) in [7, 11) is 0. The zero-order valence-corrected chi connectivity index (χ0v) is 4.90. The molecule has 0 aliphatic heterocycles. The lowest BCUT2D eigenvalue weighted by molar-refractivity contribution is -0.147. The summed E-state index contributed by atoms with van der Waals surface area (Å²) in [5.41, 5.74) is 0. The first-order chi connectivity index (χ1) is 3.95. The molecule has 9 heavy (non-hydrogen) atoms. The number of rotatable bonds is 2. The summed E-state index contributed by atoms with van der Waals surface area (Å²) < 4.78 is 34.0. The lowest BCUT2D eigenvalue weighted by Crippen LogP contribution is -2.13. The first-order valence-electron chi connectivity index (χ1n) is 2.48. The molecule has 0 saturated carbocycles. The van der Waals surface area contributed by atoms with Crippen molar-refractivity contribution in [3.63, 3.8) is 0 Å². The molecule has 0 heterocycles. The molecular weight excluding hydrogens is 133 g/mol. The van der Waals surface area contributed by atoms with Gasteiger partial charge in [0.2, 0.25) is 0 Å². The van der Waals surface area contributed by atoms with Crippen LogP contribution in [-0.4, -0.2) is 12.5 Å². The Labute approximate surface area is 50.9 Å². The smallest absolute Gasteiger partial charge is 0.303 e. The normalized spacial score (nSPS) is 15.1. The Morgan fingerprint density at radius 1 is 1.56 bits per heavy atom. The second-order valence-electron chi connectivity index (χ2n) is 1.93. The second kappa shape index (κ2) is 2.85. The minimum Gasteiger partial charge on any atom is -0.303 e. The molecule has 0 fully saturated rings. The Hall–Kier alpha value is -0.540. The first kappa shape index (κ1) is 8.46. The van der Waals surface area contributed by atoms with E-state index in [0.29, 0.717) is 6.29 Å². The van der Waals surface area contributed by atoms with Crippen LogP contribution in [0.2, 0.25) is 0 Å². The van der Waals surface area contributed by atoms with Gasteiger partial charge in [-0.3, -0.25) is 0 Å². The van der Waals surface area contributed by atoms with Crippen LogP contribution in [0.3, 0.4) is 0 Å². The van der Waals surface area contributed by atoms with E-state index in [1.807, 2.05) is 0 Å². The van der Waals surface area contributed by atoms with Crippen LogP contribution in [0.25, 0.3) is 0 Å². The Morgan fingerprint density at radius 2 is 2.00 bits per heavy atom. The summed E-state index contributed by atoms with van der Waals surface area (Å²) in [5, 5.41) is 0. The van der Waals surface area contributed by atoms with Gasteiger partial charge in [-0.05, 0) is 0 Å². The highest BCUT2D eigenvalue weighted by Crippen LogP contribution is 2.23. The van der Waals surface area contributed by atoms with Crippen LogP contribution in [0.5, 0.6) is 0 Å². The zero-order chi connectivity index (χ0) is 7.49. The van der Waals surface area contributed by atoms with E-state index in [1.54, 1.807) is 0 Å². The minimum absolute atomic E-state index is 0.299. The van der Waals surface area contributed by atoms with Crippen LogP contribution in [0, 0.1) is 5.92 Å². The molecule has 0 aromatic rings. The highest BCUT2D eigenvalue weighted by Gasteiger charge is 2.29.